The van der Waals surface area contributed by atoms with Gasteiger partial charge in [-0.3, -0.25) is 0 Å². The largest absolute Gasteiger partial charge is 0.314 e. The summed E-state index contributed by atoms with van der Waals surface area (Å²) < 4.78 is 0. The van der Waals surface area contributed by atoms with Crippen molar-refractivity contribution in [3.8, 4) is 0 Å². The van der Waals surface area contributed by atoms with Gasteiger partial charge in [-0.25, -0.2) is 0 Å². The maximum absolute atomic E-state index is 3.50. The van der Waals surface area contributed by atoms with Crippen molar-refractivity contribution in [1.29, 1.82) is 0 Å². The van der Waals surface area contributed by atoms with Crippen LogP contribution in [0.5, 0.6) is 0 Å². The lowest BCUT2D eigenvalue weighted by atomic mass is 10.3. The van der Waals surface area contributed by atoms with Crippen LogP contribution in [0.25, 0.3) is 6.08 Å². The van der Waals surface area contributed by atoms with Crippen molar-refractivity contribution in [2.24, 2.45) is 0 Å². The predicted molar refractivity (Wildman–Crippen MR) is 63.7 cm³/mol. The molecule has 0 saturated heterocycles. The second kappa shape index (κ2) is 4.76. The van der Waals surface area contributed by atoms with Crippen molar-refractivity contribution < 1.29 is 0 Å². The summed E-state index contributed by atoms with van der Waals surface area (Å²) in [5, 5.41) is 3.50. The van der Waals surface area contributed by atoms with Crippen molar-refractivity contribution in [2.75, 3.05) is 6.54 Å². The van der Waals surface area contributed by atoms with Gasteiger partial charge in [0, 0.05) is 15.8 Å². The lowest BCUT2D eigenvalue weighted by Gasteiger charge is -1.96. The Labute approximate surface area is 89.8 Å². The molecular weight excluding hydrogens is 190 g/mol. The lowest BCUT2D eigenvalue weighted by Crippen LogP contribution is -2.16. The van der Waals surface area contributed by atoms with Crippen LogP contribution in [0.15, 0.2) is 18.2 Å². The minimum Gasteiger partial charge on any atom is -0.314 e. The number of thiophene rings is 1. The zero-order chi connectivity index (χ0) is 9.80. The molecule has 0 unspecified atom stereocenters. The summed E-state index contributed by atoms with van der Waals surface area (Å²) >= 11 is 1.86. The molecule has 1 aromatic heterocycles. The monoisotopic (exact) mass is 207 g/mol. The molecule has 1 aliphatic carbocycles. The van der Waals surface area contributed by atoms with E-state index in [0.717, 1.165) is 19.0 Å². The molecule has 0 amide bonds. The van der Waals surface area contributed by atoms with E-state index in [1.54, 1.807) is 0 Å². The molecule has 0 radical (unpaired) electrons. The molecule has 1 N–H and O–H groups in total. The summed E-state index contributed by atoms with van der Waals surface area (Å²) in [4.78, 5) is 2.76. The van der Waals surface area contributed by atoms with Gasteiger partial charge in [-0.2, -0.15) is 0 Å². The minimum absolute atomic E-state index is 0.840. The molecule has 2 rings (SSSR count). The maximum Gasteiger partial charge on any atom is 0.0269 e. The topological polar surface area (TPSA) is 12.0 Å². The molecule has 1 aliphatic rings. The van der Waals surface area contributed by atoms with Gasteiger partial charge in [-0.05, 0) is 50.9 Å². The van der Waals surface area contributed by atoms with E-state index in [2.05, 4.69) is 36.5 Å². The quantitative estimate of drug-likeness (QED) is 0.731. The molecule has 0 bridgehead atoms. The molecule has 76 valence electrons. The van der Waals surface area contributed by atoms with Gasteiger partial charge < -0.3 is 5.32 Å². The first-order chi connectivity index (χ1) is 6.84. The Kier molecular flexibility index (Phi) is 3.38. The van der Waals surface area contributed by atoms with Gasteiger partial charge in [-0.15, -0.1) is 11.3 Å². The summed E-state index contributed by atoms with van der Waals surface area (Å²) in [5.41, 5.74) is 0. The third-order valence-electron chi connectivity index (χ3n) is 2.36. The molecule has 1 aromatic rings. The Morgan fingerprint density at radius 1 is 1.50 bits per heavy atom. The van der Waals surface area contributed by atoms with Crippen LogP contribution in [0.2, 0.25) is 0 Å². The number of hydrogen-bond acceptors (Lipinski definition) is 2. The third kappa shape index (κ3) is 3.28. The predicted octanol–water partition coefficient (Wildman–Crippen LogP) is 3.21. The Morgan fingerprint density at radius 3 is 3.00 bits per heavy atom. The van der Waals surface area contributed by atoms with E-state index < -0.39 is 0 Å². The van der Waals surface area contributed by atoms with Gasteiger partial charge in [0.1, 0.15) is 0 Å². The SMILES string of the molecule is Cc1ccc(C=CCCNC2CC2)s1. The van der Waals surface area contributed by atoms with Crippen LogP contribution in [0.1, 0.15) is 29.0 Å². The van der Waals surface area contributed by atoms with Gasteiger partial charge >= 0.3 is 0 Å². The molecule has 0 aliphatic heterocycles. The van der Waals surface area contributed by atoms with Gasteiger partial charge in [0.2, 0.25) is 0 Å². The average Bonchev–Trinajstić information content (AvgIpc) is 2.89. The van der Waals surface area contributed by atoms with Gasteiger partial charge in [0.05, 0.1) is 0 Å². The minimum atomic E-state index is 0.840. The maximum atomic E-state index is 3.50. The van der Waals surface area contributed by atoms with E-state index in [1.807, 2.05) is 11.3 Å². The average molecular weight is 207 g/mol. The first kappa shape index (κ1) is 9.94. The molecule has 1 heterocycles. The van der Waals surface area contributed by atoms with Crippen molar-refractivity contribution >= 4 is 17.4 Å². The van der Waals surface area contributed by atoms with Crippen LogP contribution in [-0.4, -0.2) is 12.6 Å². The van der Waals surface area contributed by atoms with E-state index in [0.29, 0.717) is 0 Å². The smallest absolute Gasteiger partial charge is 0.0269 e. The molecule has 2 heteroatoms. The normalized spacial score (nSPS) is 16.6. The lowest BCUT2D eigenvalue weighted by molar-refractivity contribution is 0.691. The molecule has 0 spiro atoms. The number of hydrogen-bond donors (Lipinski definition) is 1. The highest BCUT2D eigenvalue weighted by Crippen LogP contribution is 2.18. The summed E-state index contributed by atoms with van der Waals surface area (Å²) in [6, 6.07) is 5.20. The fraction of sp³-hybridized carbons (Fsp3) is 0.500. The van der Waals surface area contributed by atoms with Crippen LogP contribution in [0.4, 0.5) is 0 Å². The molecule has 0 atom stereocenters. The van der Waals surface area contributed by atoms with Crippen LogP contribution < -0.4 is 5.32 Å². The van der Waals surface area contributed by atoms with Crippen molar-refractivity contribution in [3.63, 3.8) is 0 Å². The van der Waals surface area contributed by atoms with E-state index >= 15 is 0 Å². The van der Waals surface area contributed by atoms with Crippen LogP contribution in [-0.2, 0) is 0 Å². The Balaban J connectivity index is 1.65. The van der Waals surface area contributed by atoms with Crippen LogP contribution >= 0.6 is 11.3 Å². The summed E-state index contributed by atoms with van der Waals surface area (Å²) in [5.74, 6) is 0. The van der Waals surface area contributed by atoms with Gasteiger partial charge in [-0.1, -0.05) is 6.08 Å². The third-order valence-corrected chi connectivity index (χ3v) is 3.33. The van der Waals surface area contributed by atoms with Crippen molar-refractivity contribution in [3.05, 3.63) is 28.0 Å². The Morgan fingerprint density at radius 2 is 2.36 bits per heavy atom. The molecule has 14 heavy (non-hydrogen) atoms. The highest BCUT2D eigenvalue weighted by atomic mass is 32.1. The van der Waals surface area contributed by atoms with Crippen molar-refractivity contribution in [2.45, 2.75) is 32.2 Å². The Bertz CT molecular complexity index is 310. The first-order valence-electron chi connectivity index (χ1n) is 5.31. The van der Waals surface area contributed by atoms with E-state index in [1.165, 1.54) is 22.6 Å². The first-order valence-corrected chi connectivity index (χ1v) is 6.12. The summed E-state index contributed by atoms with van der Waals surface area (Å²) in [6.07, 6.45) is 8.40. The molecule has 1 saturated carbocycles. The molecule has 1 fully saturated rings. The Hall–Kier alpha value is -0.600. The molecule has 0 aromatic carbocycles. The molecule has 1 nitrogen and oxygen atoms in total. The van der Waals surface area contributed by atoms with E-state index in [9.17, 15) is 0 Å². The second-order valence-corrected chi connectivity index (χ2v) is 5.19. The fourth-order valence-electron chi connectivity index (χ4n) is 1.40. The van der Waals surface area contributed by atoms with Gasteiger partial charge in [0.25, 0.3) is 0 Å². The number of rotatable bonds is 5. The fourth-order valence-corrected chi connectivity index (χ4v) is 2.21. The van der Waals surface area contributed by atoms with E-state index in [4.69, 9.17) is 0 Å². The van der Waals surface area contributed by atoms with E-state index in [-0.39, 0.29) is 0 Å². The van der Waals surface area contributed by atoms with Gasteiger partial charge in [0.15, 0.2) is 0 Å². The zero-order valence-corrected chi connectivity index (χ0v) is 9.44. The standard InChI is InChI=1S/C12H17NS/c1-10-5-8-12(14-10)4-2-3-9-13-11-6-7-11/h2,4-5,8,11,13H,3,6-7,9H2,1H3. The number of aryl methyl sites for hydroxylation is 1. The second-order valence-electron chi connectivity index (χ2n) is 3.87. The zero-order valence-electron chi connectivity index (χ0n) is 8.62. The van der Waals surface area contributed by atoms with Crippen LogP contribution in [0.3, 0.4) is 0 Å². The summed E-state index contributed by atoms with van der Waals surface area (Å²) in [6.45, 7) is 3.28. The number of nitrogens with one attached hydrogen (secondary N) is 1. The highest BCUT2D eigenvalue weighted by Gasteiger charge is 2.19. The van der Waals surface area contributed by atoms with Crippen LogP contribution in [0, 0.1) is 6.92 Å². The van der Waals surface area contributed by atoms with Crippen molar-refractivity contribution in [1.82, 2.24) is 5.32 Å². The molecular formula is C12H17NS. The summed E-state index contributed by atoms with van der Waals surface area (Å²) in [7, 11) is 0. The highest BCUT2D eigenvalue weighted by molar-refractivity contribution is 7.12.